The van der Waals surface area contributed by atoms with Crippen LogP contribution in [-0.2, 0) is 4.79 Å². The van der Waals surface area contributed by atoms with Crippen LogP contribution in [0.2, 0.25) is 5.02 Å². The number of fused-ring (bicyclic) bond motifs is 1. The predicted molar refractivity (Wildman–Crippen MR) is 66.2 cm³/mol. The third kappa shape index (κ3) is 2.68. The Balaban J connectivity index is 2.27. The molecular weight excluding hydrogens is 258 g/mol. The van der Waals surface area contributed by atoms with Gasteiger partial charge in [-0.05, 0) is 18.6 Å². The number of nitrogens with two attached hydrogens (primary N) is 1. The van der Waals surface area contributed by atoms with Crippen LogP contribution in [0.3, 0.4) is 0 Å². The molecular formula is C12H14ClNO4. The molecule has 1 heterocycles. The molecule has 1 unspecified atom stereocenters. The van der Waals surface area contributed by atoms with Gasteiger partial charge in [0.2, 0.25) is 0 Å². The maximum Gasteiger partial charge on any atom is 0.303 e. The molecule has 0 saturated heterocycles. The molecule has 1 aromatic rings. The Morgan fingerprint density at radius 3 is 2.89 bits per heavy atom. The van der Waals surface area contributed by atoms with Crippen molar-refractivity contribution in [3.63, 3.8) is 0 Å². The van der Waals surface area contributed by atoms with E-state index in [0.717, 1.165) is 0 Å². The van der Waals surface area contributed by atoms with Crippen molar-refractivity contribution in [2.75, 3.05) is 13.2 Å². The molecule has 0 aliphatic carbocycles. The monoisotopic (exact) mass is 271 g/mol. The average molecular weight is 272 g/mol. The first-order valence-electron chi connectivity index (χ1n) is 5.65. The minimum Gasteiger partial charge on any atom is -0.486 e. The minimum absolute atomic E-state index is 0.0119. The Hall–Kier alpha value is -1.46. The molecule has 1 atom stereocenters. The van der Waals surface area contributed by atoms with Crippen molar-refractivity contribution < 1.29 is 19.4 Å². The van der Waals surface area contributed by atoms with E-state index in [2.05, 4.69) is 0 Å². The number of benzene rings is 1. The molecule has 5 nitrogen and oxygen atoms in total. The molecule has 18 heavy (non-hydrogen) atoms. The molecule has 3 N–H and O–H groups in total. The van der Waals surface area contributed by atoms with E-state index < -0.39 is 12.0 Å². The lowest BCUT2D eigenvalue weighted by molar-refractivity contribution is -0.137. The third-order valence-electron chi connectivity index (χ3n) is 2.73. The number of aliphatic carboxylic acids is 1. The predicted octanol–water partition coefficient (Wildman–Crippen LogP) is 1.98. The number of hydrogen-bond acceptors (Lipinski definition) is 4. The summed E-state index contributed by atoms with van der Waals surface area (Å²) in [7, 11) is 0. The second-order valence-electron chi connectivity index (χ2n) is 4.02. The summed E-state index contributed by atoms with van der Waals surface area (Å²) in [6.45, 7) is 0.921. The van der Waals surface area contributed by atoms with Crippen molar-refractivity contribution in [2.45, 2.75) is 18.9 Å². The van der Waals surface area contributed by atoms with Crippen molar-refractivity contribution in [1.82, 2.24) is 0 Å². The van der Waals surface area contributed by atoms with Gasteiger partial charge in [0, 0.05) is 23.0 Å². The average Bonchev–Trinajstić information content (AvgIpc) is 2.36. The molecule has 0 radical (unpaired) electrons. The van der Waals surface area contributed by atoms with Crippen LogP contribution in [0.4, 0.5) is 0 Å². The van der Waals surface area contributed by atoms with Crippen molar-refractivity contribution in [3.05, 3.63) is 22.7 Å². The Bertz CT molecular complexity index is 464. The van der Waals surface area contributed by atoms with E-state index in [1.807, 2.05) is 0 Å². The summed E-state index contributed by atoms with van der Waals surface area (Å²) in [4.78, 5) is 10.6. The van der Waals surface area contributed by atoms with Gasteiger partial charge in [-0.1, -0.05) is 11.6 Å². The van der Waals surface area contributed by atoms with E-state index in [9.17, 15) is 4.79 Å². The smallest absolute Gasteiger partial charge is 0.303 e. The van der Waals surface area contributed by atoms with Crippen molar-refractivity contribution in [1.29, 1.82) is 0 Å². The Morgan fingerprint density at radius 2 is 2.17 bits per heavy atom. The second kappa shape index (κ2) is 5.46. The highest BCUT2D eigenvalue weighted by Gasteiger charge is 2.23. The number of hydrogen-bond donors (Lipinski definition) is 2. The summed E-state index contributed by atoms with van der Waals surface area (Å²) >= 11 is 6.11. The van der Waals surface area contributed by atoms with Crippen molar-refractivity contribution in [3.8, 4) is 11.5 Å². The number of rotatable bonds is 4. The molecule has 0 aromatic heterocycles. The van der Waals surface area contributed by atoms with E-state index in [4.69, 9.17) is 31.9 Å². The molecule has 98 valence electrons. The van der Waals surface area contributed by atoms with Gasteiger partial charge in [-0.15, -0.1) is 0 Å². The molecule has 2 rings (SSSR count). The lowest BCUT2D eigenvalue weighted by Crippen LogP contribution is -2.20. The zero-order chi connectivity index (χ0) is 13.1. The van der Waals surface area contributed by atoms with Gasteiger partial charge in [0.1, 0.15) is 13.2 Å². The topological polar surface area (TPSA) is 81.8 Å². The van der Waals surface area contributed by atoms with Crippen LogP contribution in [0.1, 0.15) is 24.4 Å². The van der Waals surface area contributed by atoms with Crippen LogP contribution in [0, 0.1) is 0 Å². The van der Waals surface area contributed by atoms with Gasteiger partial charge in [-0.3, -0.25) is 4.79 Å². The third-order valence-corrected chi connectivity index (χ3v) is 3.06. The van der Waals surface area contributed by atoms with E-state index in [0.29, 0.717) is 41.7 Å². The number of carbonyl (C=O) groups is 1. The fraction of sp³-hybridized carbons (Fsp3) is 0.417. The molecule has 0 fully saturated rings. The summed E-state index contributed by atoms with van der Waals surface area (Å²) < 4.78 is 11.0. The van der Waals surface area contributed by atoms with Crippen molar-refractivity contribution >= 4 is 17.6 Å². The molecule has 0 saturated carbocycles. The lowest BCUT2D eigenvalue weighted by Gasteiger charge is -2.24. The largest absolute Gasteiger partial charge is 0.486 e. The quantitative estimate of drug-likeness (QED) is 0.875. The highest BCUT2D eigenvalue weighted by molar-refractivity contribution is 6.31. The number of carboxylic acids is 1. The Morgan fingerprint density at radius 1 is 1.44 bits per heavy atom. The van der Waals surface area contributed by atoms with Gasteiger partial charge >= 0.3 is 5.97 Å². The van der Waals surface area contributed by atoms with Crippen molar-refractivity contribution in [2.24, 2.45) is 5.73 Å². The van der Waals surface area contributed by atoms with Crippen LogP contribution in [0.25, 0.3) is 0 Å². The molecule has 1 aliphatic heterocycles. The zero-order valence-corrected chi connectivity index (χ0v) is 10.4. The normalized spacial score (nSPS) is 15.2. The standard InChI is InChI=1S/C12H14ClNO4/c13-7-1-3-9-12(18-6-5-17-9)11(7)8(14)2-4-10(15)16/h1,3,8H,2,4-6,14H2,(H,15,16). The molecule has 0 spiro atoms. The van der Waals surface area contributed by atoms with Crippen LogP contribution in [0.15, 0.2) is 12.1 Å². The second-order valence-corrected chi connectivity index (χ2v) is 4.43. The molecule has 6 heteroatoms. The molecule has 1 aliphatic rings. The first-order valence-corrected chi connectivity index (χ1v) is 6.02. The van der Waals surface area contributed by atoms with Gasteiger partial charge in [-0.25, -0.2) is 0 Å². The van der Waals surface area contributed by atoms with Gasteiger partial charge in [0.25, 0.3) is 0 Å². The summed E-state index contributed by atoms with van der Waals surface area (Å²) in [6.07, 6.45) is 0.289. The SMILES string of the molecule is NC(CCC(=O)O)c1c(Cl)ccc2c1OCCO2. The van der Waals surface area contributed by atoms with E-state index in [1.165, 1.54) is 0 Å². The highest BCUT2D eigenvalue weighted by Crippen LogP contribution is 2.41. The van der Waals surface area contributed by atoms with Gasteiger partial charge in [-0.2, -0.15) is 0 Å². The highest BCUT2D eigenvalue weighted by atomic mass is 35.5. The van der Waals surface area contributed by atoms with Gasteiger partial charge in [0.15, 0.2) is 11.5 Å². The number of ether oxygens (including phenoxy) is 2. The van der Waals surface area contributed by atoms with Gasteiger partial charge in [0.05, 0.1) is 0 Å². The van der Waals surface area contributed by atoms with Crippen LogP contribution >= 0.6 is 11.6 Å². The fourth-order valence-electron chi connectivity index (χ4n) is 1.88. The van der Waals surface area contributed by atoms with Crippen LogP contribution < -0.4 is 15.2 Å². The number of halogens is 1. The summed E-state index contributed by atoms with van der Waals surface area (Å²) in [6, 6.07) is 2.93. The van der Waals surface area contributed by atoms with E-state index in [1.54, 1.807) is 12.1 Å². The molecule has 1 aromatic carbocycles. The Labute approximate surface area is 109 Å². The zero-order valence-electron chi connectivity index (χ0n) is 9.69. The maximum absolute atomic E-state index is 10.6. The van der Waals surface area contributed by atoms with Gasteiger partial charge < -0.3 is 20.3 Å². The maximum atomic E-state index is 10.6. The molecule has 0 amide bonds. The van der Waals surface area contributed by atoms with E-state index in [-0.39, 0.29) is 6.42 Å². The number of carboxylic acid groups (broad SMARTS) is 1. The first-order chi connectivity index (χ1) is 8.59. The van der Waals surface area contributed by atoms with Crippen LogP contribution in [-0.4, -0.2) is 24.3 Å². The fourth-order valence-corrected chi connectivity index (χ4v) is 2.17. The van der Waals surface area contributed by atoms with Crippen LogP contribution in [0.5, 0.6) is 11.5 Å². The Kier molecular flexibility index (Phi) is 3.93. The summed E-state index contributed by atoms with van der Waals surface area (Å²) in [5.41, 5.74) is 6.61. The lowest BCUT2D eigenvalue weighted by atomic mass is 10.0. The summed E-state index contributed by atoms with van der Waals surface area (Å²) in [5, 5.41) is 9.14. The first kappa shape index (κ1) is 13.0. The minimum atomic E-state index is -0.886. The molecule has 0 bridgehead atoms. The summed E-state index contributed by atoms with van der Waals surface area (Å²) in [5.74, 6) is 0.251. The van der Waals surface area contributed by atoms with E-state index >= 15 is 0 Å².